The number of aryl methyl sites for hydroxylation is 1. The Morgan fingerprint density at radius 1 is 0.857 bits per heavy atom. The summed E-state index contributed by atoms with van der Waals surface area (Å²) in [5, 5.41) is 0. The van der Waals surface area contributed by atoms with Crippen molar-refractivity contribution in [2.24, 2.45) is 0 Å². The predicted octanol–water partition coefficient (Wildman–Crippen LogP) is 2.71. The molecule has 1 aromatic carbocycles. The highest BCUT2D eigenvalue weighted by Crippen LogP contribution is 2.11. The smallest absolute Gasteiger partial charge is 0.0312 e. The van der Waals surface area contributed by atoms with Crippen molar-refractivity contribution >= 4 is 0 Å². The summed E-state index contributed by atoms with van der Waals surface area (Å²) in [6, 6.07) is 13.1. The molecule has 1 saturated heterocycles. The van der Waals surface area contributed by atoms with Gasteiger partial charge < -0.3 is 0 Å². The second-order valence-corrected chi connectivity index (χ2v) is 5.90. The lowest BCUT2D eigenvalue weighted by Crippen LogP contribution is -2.45. The van der Waals surface area contributed by atoms with Crippen molar-refractivity contribution < 1.29 is 0 Å². The number of hydrogen-bond acceptors (Lipinski definition) is 3. The number of hydrogen-bond donors (Lipinski definition) is 0. The summed E-state index contributed by atoms with van der Waals surface area (Å²) in [6.07, 6.45) is 3.81. The van der Waals surface area contributed by atoms with Crippen LogP contribution < -0.4 is 0 Å². The van der Waals surface area contributed by atoms with Crippen molar-refractivity contribution in [3.63, 3.8) is 0 Å². The molecule has 3 rings (SSSR count). The summed E-state index contributed by atoms with van der Waals surface area (Å²) in [7, 11) is 0. The lowest BCUT2D eigenvalue weighted by atomic mass is 10.1. The van der Waals surface area contributed by atoms with Gasteiger partial charge in [0.05, 0.1) is 0 Å². The van der Waals surface area contributed by atoms with Crippen LogP contribution in [0.2, 0.25) is 0 Å². The van der Waals surface area contributed by atoms with Gasteiger partial charge in [0.25, 0.3) is 0 Å². The van der Waals surface area contributed by atoms with E-state index in [-0.39, 0.29) is 0 Å². The van der Waals surface area contributed by atoms with Crippen LogP contribution in [0.15, 0.2) is 48.8 Å². The van der Waals surface area contributed by atoms with Gasteiger partial charge in [-0.1, -0.05) is 35.9 Å². The van der Waals surface area contributed by atoms with E-state index >= 15 is 0 Å². The zero-order valence-electron chi connectivity index (χ0n) is 12.7. The van der Waals surface area contributed by atoms with Crippen molar-refractivity contribution in [3.8, 4) is 0 Å². The van der Waals surface area contributed by atoms with Crippen molar-refractivity contribution in [1.82, 2.24) is 14.8 Å². The van der Waals surface area contributed by atoms with Crippen LogP contribution in [0, 0.1) is 6.92 Å². The minimum Gasteiger partial charge on any atom is -0.297 e. The van der Waals surface area contributed by atoms with Crippen molar-refractivity contribution in [2.45, 2.75) is 20.0 Å². The molecule has 1 aromatic heterocycles. The Kier molecular flexibility index (Phi) is 4.63. The molecule has 1 aliphatic heterocycles. The molecule has 0 radical (unpaired) electrons. The largest absolute Gasteiger partial charge is 0.297 e. The van der Waals surface area contributed by atoms with Crippen LogP contribution in [0.1, 0.15) is 16.7 Å². The van der Waals surface area contributed by atoms with E-state index in [1.807, 2.05) is 18.5 Å². The van der Waals surface area contributed by atoms with Gasteiger partial charge in [0.2, 0.25) is 0 Å². The zero-order chi connectivity index (χ0) is 14.5. The Hall–Kier alpha value is -1.71. The van der Waals surface area contributed by atoms with Crippen molar-refractivity contribution in [1.29, 1.82) is 0 Å². The van der Waals surface area contributed by atoms with Crippen LogP contribution in [0.5, 0.6) is 0 Å². The lowest BCUT2D eigenvalue weighted by molar-refractivity contribution is 0.122. The van der Waals surface area contributed by atoms with E-state index in [4.69, 9.17) is 0 Å². The first-order valence-corrected chi connectivity index (χ1v) is 7.69. The lowest BCUT2D eigenvalue weighted by Gasteiger charge is -2.34. The van der Waals surface area contributed by atoms with E-state index in [0.717, 1.165) is 39.3 Å². The molecule has 0 N–H and O–H groups in total. The topological polar surface area (TPSA) is 19.4 Å². The first-order chi connectivity index (χ1) is 10.3. The van der Waals surface area contributed by atoms with E-state index < -0.39 is 0 Å². The number of pyridine rings is 1. The van der Waals surface area contributed by atoms with Gasteiger partial charge in [0.15, 0.2) is 0 Å². The molecule has 0 saturated carbocycles. The maximum absolute atomic E-state index is 4.19. The van der Waals surface area contributed by atoms with Crippen molar-refractivity contribution in [2.75, 3.05) is 26.2 Å². The maximum Gasteiger partial charge on any atom is 0.0312 e. The summed E-state index contributed by atoms with van der Waals surface area (Å²) >= 11 is 0. The predicted molar refractivity (Wildman–Crippen MR) is 86.0 cm³/mol. The van der Waals surface area contributed by atoms with Crippen LogP contribution >= 0.6 is 0 Å². The second kappa shape index (κ2) is 6.83. The third-order valence-electron chi connectivity index (χ3n) is 4.12. The molecule has 3 heteroatoms. The number of nitrogens with zero attached hydrogens (tertiary/aromatic N) is 3. The van der Waals surface area contributed by atoms with E-state index in [1.54, 1.807) is 0 Å². The van der Waals surface area contributed by atoms with Gasteiger partial charge in [0.1, 0.15) is 0 Å². The summed E-state index contributed by atoms with van der Waals surface area (Å²) in [4.78, 5) is 9.25. The van der Waals surface area contributed by atoms with Gasteiger partial charge in [-0.25, -0.2) is 0 Å². The first-order valence-electron chi connectivity index (χ1n) is 7.69. The number of piperazine rings is 1. The van der Waals surface area contributed by atoms with Crippen LogP contribution in [-0.4, -0.2) is 41.0 Å². The third kappa shape index (κ3) is 4.13. The molecule has 0 atom stereocenters. The molecule has 0 amide bonds. The third-order valence-corrected chi connectivity index (χ3v) is 4.12. The molecule has 2 heterocycles. The second-order valence-electron chi connectivity index (χ2n) is 5.90. The molecule has 1 fully saturated rings. The van der Waals surface area contributed by atoms with Crippen LogP contribution in [-0.2, 0) is 13.1 Å². The fourth-order valence-corrected chi connectivity index (χ4v) is 2.81. The summed E-state index contributed by atoms with van der Waals surface area (Å²) < 4.78 is 0. The van der Waals surface area contributed by atoms with E-state index in [0.29, 0.717) is 0 Å². The van der Waals surface area contributed by atoms with E-state index in [2.05, 4.69) is 52.0 Å². The SMILES string of the molecule is Cc1ccc(CN2CCN(Cc3cccnc3)CC2)cc1. The first kappa shape index (κ1) is 14.2. The molecule has 1 aliphatic rings. The van der Waals surface area contributed by atoms with Gasteiger partial charge in [-0.15, -0.1) is 0 Å². The Morgan fingerprint density at radius 2 is 1.48 bits per heavy atom. The van der Waals surface area contributed by atoms with Gasteiger partial charge in [0, 0.05) is 51.7 Å². The Morgan fingerprint density at radius 3 is 2.05 bits per heavy atom. The average Bonchev–Trinajstić information content (AvgIpc) is 2.53. The monoisotopic (exact) mass is 281 g/mol. The molecular formula is C18H23N3. The molecule has 21 heavy (non-hydrogen) atoms. The van der Waals surface area contributed by atoms with Gasteiger partial charge in [-0.05, 0) is 24.1 Å². The summed E-state index contributed by atoms with van der Waals surface area (Å²) in [5.74, 6) is 0. The Bertz CT molecular complexity index is 542. The summed E-state index contributed by atoms with van der Waals surface area (Å²) in [5.41, 5.74) is 4.06. The fourth-order valence-electron chi connectivity index (χ4n) is 2.81. The van der Waals surface area contributed by atoms with Crippen LogP contribution in [0.25, 0.3) is 0 Å². The highest BCUT2D eigenvalue weighted by molar-refractivity contribution is 5.21. The normalized spacial score (nSPS) is 17.0. The van der Waals surface area contributed by atoms with Gasteiger partial charge >= 0.3 is 0 Å². The number of aromatic nitrogens is 1. The van der Waals surface area contributed by atoms with Crippen molar-refractivity contribution in [3.05, 3.63) is 65.5 Å². The zero-order valence-corrected chi connectivity index (χ0v) is 12.7. The highest BCUT2D eigenvalue weighted by atomic mass is 15.3. The van der Waals surface area contributed by atoms with Gasteiger partial charge in [-0.2, -0.15) is 0 Å². The quantitative estimate of drug-likeness (QED) is 0.859. The molecule has 110 valence electrons. The number of benzene rings is 1. The Labute approximate surface area is 127 Å². The molecule has 0 unspecified atom stereocenters. The molecule has 0 aliphatic carbocycles. The summed E-state index contributed by atoms with van der Waals surface area (Å²) in [6.45, 7) is 8.80. The van der Waals surface area contributed by atoms with Crippen LogP contribution in [0.3, 0.4) is 0 Å². The fraction of sp³-hybridized carbons (Fsp3) is 0.389. The van der Waals surface area contributed by atoms with Gasteiger partial charge in [-0.3, -0.25) is 14.8 Å². The molecule has 0 bridgehead atoms. The minimum absolute atomic E-state index is 1.02. The molecule has 0 spiro atoms. The Balaban J connectivity index is 1.47. The minimum atomic E-state index is 1.02. The molecule has 2 aromatic rings. The maximum atomic E-state index is 4.19. The van der Waals surface area contributed by atoms with E-state index in [9.17, 15) is 0 Å². The highest BCUT2D eigenvalue weighted by Gasteiger charge is 2.16. The molecule has 3 nitrogen and oxygen atoms in total. The van der Waals surface area contributed by atoms with E-state index in [1.165, 1.54) is 16.7 Å². The number of rotatable bonds is 4. The molecular weight excluding hydrogens is 258 g/mol. The average molecular weight is 281 g/mol. The van der Waals surface area contributed by atoms with Crippen LogP contribution in [0.4, 0.5) is 0 Å². The standard InChI is InChI=1S/C18H23N3/c1-16-4-6-17(7-5-16)14-20-9-11-21(12-10-20)15-18-3-2-8-19-13-18/h2-8,13H,9-12,14-15H2,1H3.